The number of hydrogen-bond acceptors (Lipinski definition) is 2. The lowest BCUT2D eigenvalue weighted by atomic mass is 10.2. The average Bonchev–Trinajstić information content (AvgIpc) is 2.51. The van der Waals surface area contributed by atoms with Crippen molar-refractivity contribution in [1.82, 2.24) is 0 Å². The van der Waals surface area contributed by atoms with E-state index in [1.54, 1.807) is 0 Å². The Morgan fingerprint density at radius 1 is 1.10 bits per heavy atom. The number of benzene rings is 2. The fourth-order valence-electron chi connectivity index (χ4n) is 1.83. The molecule has 0 atom stereocenters. The third-order valence-corrected chi connectivity index (χ3v) is 3.13. The van der Waals surface area contributed by atoms with E-state index < -0.39 is 0 Å². The van der Waals surface area contributed by atoms with Crippen molar-refractivity contribution < 1.29 is 4.74 Å². The Labute approximate surface area is 130 Å². The Kier molecular flexibility index (Phi) is 5.64. The summed E-state index contributed by atoms with van der Waals surface area (Å²) < 4.78 is 5.41. The Morgan fingerprint density at radius 3 is 2.33 bits per heavy atom. The Hall–Kier alpha value is -2.00. The monoisotopic (exact) mass is 302 g/mol. The normalized spacial score (nSPS) is 11.3. The van der Waals surface area contributed by atoms with Gasteiger partial charge < -0.3 is 10.1 Å². The first-order valence-electron chi connectivity index (χ1n) is 6.91. The summed E-state index contributed by atoms with van der Waals surface area (Å²) in [5, 5.41) is 3.22. The molecule has 21 heavy (non-hydrogen) atoms. The van der Waals surface area contributed by atoms with E-state index in [1.807, 2.05) is 62.4 Å². The van der Waals surface area contributed by atoms with Gasteiger partial charge in [0.25, 0.3) is 0 Å². The highest BCUT2D eigenvalue weighted by atomic mass is 35.5. The van der Waals surface area contributed by atoms with Gasteiger partial charge in [-0.1, -0.05) is 17.7 Å². The number of nitrogens with zero attached hydrogens (tertiary/aromatic N) is 1. The van der Waals surface area contributed by atoms with E-state index in [9.17, 15) is 0 Å². The molecule has 0 heterocycles. The molecule has 0 radical (unpaired) electrons. The number of ether oxygens (including phenoxy) is 1. The molecule has 2 aromatic rings. The summed E-state index contributed by atoms with van der Waals surface area (Å²) in [6, 6.07) is 15.7. The molecule has 3 nitrogen and oxygen atoms in total. The zero-order chi connectivity index (χ0) is 15.1. The summed E-state index contributed by atoms with van der Waals surface area (Å²) in [6.45, 7) is 4.68. The number of aryl methyl sites for hydroxylation is 1. The fraction of sp³-hybridized carbons (Fsp3) is 0.235. The van der Waals surface area contributed by atoms with Crippen LogP contribution in [-0.4, -0.2) is 18.3 Å². The van der Waals surface area contributed by atoms with Crippen LogP contribution < -0.4 is 10.1 Å². The van der Waals surface area contributed by atoms with Crippen LogP contribution in [0.15, 0.2) is 53.5 Å². The van der Waals surface area contributed by atoms with Crippen molar-refractivity contribution in [1.29, 1.82) is 0 Å². The highest BCUT2D eigenvalue weighted by Gasteiger charge is 2.00. The number of alkyl halides is 1. The maximum Gasteiger partial charge on any atom is 0.122 e. The number of nitrogens with one attached hydrogen (secondary N) is 1. The summed E-state index contributed by atoms with van der Waals surface area (Å²) in [7, 11) is 0. The summed E-state index contributed by atoms with van der Waals surface area (Å²) in [5.74, 6) is 1.89. The van der Waals surface area contributed by atoms with Gasteiger partial charge in [0, 0.05) is 5.69 Å². The molecule has 0 aromatic heterocycles. The van der Waals surface area contributed by atoms with E-state index in [1.165, 1.54) is 5.56 Å². The lowest BCUT2D eigenvalue weighted by Gasteiger charge is -2.09. The predicted molar refractivity (Wildman–Crippen MR) is 90.2 cm³/mol. The van der Waals surface area contributed by atoms with Gasteiger partial charge in [0.05, 0.1) is 18.2 Å². The molecule has 0 amide bonds. The molecule has 4 heteroatoms. The van der Waals surface area contributed by atoms with Crippen LogP contribution in [0, 0.1) is 6.92 Å². The molecular weight excluding hydrogens is 284 g/mol. The van der Waals surface area contributed by atoms with Gasteiger partial charge >= 0.3 is 0 Å². The maximum absolute atomic E-state index is 5.96. The van der Waals surface area contributed by atoms with Crippen molar-refractivity contribution in [2.75, 3.05) is 17.8 Å². The van der Waals surface area contributed by atoms with E-state index in [0.717, 1.165) is 17.1 Å². The topological polar surface area (TPSA) is 33.6 Å². The molecule has 0 bridgehead atoms. The Morgan fingerprint density at radius 2 is 1.76 bits per heavy atom. The average molecular weight is 303 g/mol. The highest BCUT2D eigenvalue weighted by Crippen LogP contribution is 2.17. The van der Waals surface area contributed by atoms with E-state index in [2.05, 4.69) is 10.3 Å². The van der Waals surface area contributed by atoms with Crippen LogP contribution >= 0.6 is 11.6 Å². The second-order valence-corrected chi connectivity index (χ2v) is 4.88. The minimum Gasteiger partial charge on any atom is -0.494 e. The second-order valence-electron chi connectivity index (χ2n) is 4.61. The van der Waals surface area contributed by atoms with Gasteiger partial charge in [-0.2, -0.15) is 0 Å². The highest BCUT2D eigenvalue weighted by molar-refractivity contribution is 6.30. The summed E-state index contributed by atoms with van der Waals surface area (Å²) in [4.78, 5) is 4.51. The SMILES string of the molecule is CCOc1ccc(NC(CCl)=Nc2ccc(C)cc2)cc1. The number of aliphatic imine (C=N–C) groups is 1. The van der Waals surface area contributed by atoms with Gasteiger partial charge in [-0.25, -0.2) is 4.99 Å². The lowest BCUT2D eigenvalue weighted by molar-refractivity contribution is 0.340. The standard InChI is InChI=1S/C17H19ClN2O/c1-3-21-16-10-8-15(9-11-16)20-17(12-18)19-14-6-4-13(2)5-7-14/h4-11H,3,12H2,1-2H3,(H,19,20). The van der Waals surface area contributed by atoms with Gasteiger partial charge in [0.2, 0.25) is 0 Å². The van der Waals surface area contributed by atoms with Crippen molar-refractivity contribution >= 4 is 28.8 Å². The van der Waals surface area contributed by atoms with Gasteiger partial charge in [0.1, 0.15) is 11.6 Å². The van der Waals surface area contributed by atoms with Crippen molar-refractivity contribution in [2.24, 2.45) is 4.99 Å². The van der Waals surface area contributed by atoms with Crippen molar-refractivity contribution in [3.8, 4) is 5.75 Å². The molecule has 2 aromatic carbocycles. The zero-order valence-electron chi connectivity index (χ0n) is 12.3. The summed E-state index contributed by atoms with van der Waals surface area (Å²) in [5.41, 5.74) is 3.03. The molecule has 2 rings (SSSR count). The minimum absolute atomic E-state index is 0.321. The first-order chi connectivity index (χ1) is 10.2. The predicted octanol–water partition coefficient (Wildman–Crippen LogP) is 4.77. The fourth-order valence-corrected chi connectivity index (χ4v) is 1.96. The van der Waals surface area contributed by atoms with Crippen LogP contribution in [0.1, 0.15) is 12.5 Å². The molecular formula is C17H19ClN2O. The van der Waals surface area contributed by atoms with Gasteiger partial charge in [-0.05, 0) is 50.2 Å². The van der Waals surface area contributed by atoms with Crippen LogP contribution in [0.25, 0.3) is 0 Å². The van der Waals surface area contributed by atoms with Gasteiger partial charge in [-0.15, -0.1) is 11.6 Å². The first kappa shape index (κ1) is 15.4. The van der Waals surface area contributed by atoms with Crippen molar-refractivity contribution in [3.05, 3.63) is 54.1 Å². The molecule has 0 aliphatic heterocycles. The number of anilines is 1. The number of hydrogen-bond donors (Lipinski definition) is 1. The number of rotatable bonds is 5. The van der Waals surface area contributed by atoms with Gasteiger partial charge in [-0.3, -0.25) is 0 Å². The van der Waals surface area contributed by atoms with Crippen LogP contribution in [0.3, 0.4) is 0 Å². The Balaban J connectivity index is 2.09. The van der Waals surface area contributed by atoms with Crippen LogP contribution in [-0.2, 0) is 0 Å². The van der Waals surface area contributed by atoms with Gasteiger partial charge in [0.15, 0.2) is 0 Å². The molecule has 0 saturated carbocycles. The van der Waals surface area contributed by atoms with Crippen LogP contribution in [0.5, 0.6) is 5.75 Å². The first-order valence-corrected chi connectivity index (χ1v) is 7.45. The van der Waals surface area contributed by atoms with Crippen LogP contribution in [0.2, 0.25) is 0 Å². The zero-order valence-corrected chi connectivity index (χ0v) is 13.0. The van der Waals surface area contributed by atoms with E-state index in [4.69, 9.17) is 16.3 Å². The molecule has 0 aliphatic rings. The van der Waals surface area contributed by atoms with E-state index in [0.29, 0.717) is 18.3 Å². The molecule has 0 aliphatic carbocycles. The Bertz CT molecular complexity index is 591. The minimum atomic E-state index is 0.321. The number of halogens is 1. The lowest BCUT2D eigenvalue weighted by Crippen LogP contribution is -2.13. The third-order valence-electron chi connectivity index (χ3n) is 2.88. The molecule has 0 unspecified atom stereocenters. The molecule has 0 saturated heterocycles. The molecule has 0 spiro atoms. The molecule has 1 N–H and O–H groups in total. The third kappa shape index (κ3) is 4.80. The van der Waals surface area contributed by atoms with E-state index >= 15 is 0 Å². The largest absolute Gasteiger partial charge is 0.494 e. The maximum atomic E-state index is 5.96. The van der Waals surface area contributed by atoms with E-state index in [-0.39, 0.29) is 0 Å². The number of amidine groups is 1. The smallest absolute Gasteiger partial charge is 0.122 e. The summed E-state index contributed by atoms with van der Waals surface area (Å²) in [6.07, 6.45) is 0. The van der Waals surface area contributed by atoms with Crippen LogP contribution in [0.4, 0.5) is 11.4 Å². The summed E-state index contributed by atoms with van der Waals surface area (Å²) >= 11 is 5.96. The molecule has 110 valence electrons. The van der Waals surface area contributed by atoms with Crippen molar-refractivity contribution in [2.45, 2.75) is 13.8 Å². The molecule has 0 fully saturated rings. The quantitative estimate of drug-likeness (QED) is 0.490. The van der Waals surface area contributed by atoms with Crippen molar-refractivity contribution in [3.63, 3.8) is 0 Å². The second kappa shape index (κ2) is 7.70.